The minimum atomic E-state index is -2.77. The quantitative estimate of drug-likeness (QED) is 0.440. The first-order valence-electron chi connectivity index (χ1n) is 10.9. The van der Waals surface area contributed by atoms with Gasteiger partial charge in [0.15, 0.2) is 11.9 Å². The Hall–Kier alpha value is -3.62. The van der Waals surface area contributed by atoms with Crippen molar-refractivity contribution in [1.82, 2.24) is 19.6 Å². The normalized spacial score (nSPS) is 16.8. The van der Waals surface area contributed by atoms with E-state index in [0.29, 0.717) is 41.3 Å². The number of nitrogens with zero attached hydrogens (tertiary/aromatic N) is 5. The zero-order valence-electron chi connectivity index (χ0n) is 18.4. The molecule has 170 valence electrons. The molecule has 1 saturated heterocycles. The fourth-order valence-corrected chi connectivity index (χ4v) is 4.55. The highest BCUT2D eigenvalue weighted by Crippen LogP contribution is 2.34. The minimum Gasteiger partial charge on any atom is -0.378 e. The number of benzene rings is 2. The molecule has 1 atom stereocenters. The number of para-hydroxylation sites is 1. The molecule has 1 N–H and O–H groups in total. The summed E-state index contributed by atoms with van der Waals surface area (Å²) in [6.45, 7) is 4.07. The van der Waals surface area contributed by atoms with Crippen LogP contribution < -0.4 is 10.2 Å². The molecule has 0 saturated carbocycles. The molecule has 3 heterocycles. The Balaban J connectivity index is 1.66. The van der Waals surface area contributed by atoms with E-state index in [1.54, 1.807) is 15.4 Å². The Kier molecular flexibility index (Phi) is 5.19. The number of aldehydes is 1. The average molecular weight is 450 g/mol. The molecular weight excluding hydrogens is 426 g/mol. The van der Waals surface area contributed by atoms with Gasteiger partial charge in [0.1, 0.15) is 6.33 Å². The number of halogens is 2. The van der Waals surface area contributed by atoms with Crippen molar-refractivity contribution in [2.75, 3.05) is 23.3 Å². The summed E-state index contributed by atoms with van der Waals surface area (Å²) in [6.07, 6.45) is 2.60. The smallest absolute Gasteiger partial charge is 0.265 e. The fraction of sp³-hybridized carbons (Fsp3) is 0.333. The van der Waals surface area contributed by atoms with Gasteiger partial charge in [-0.1, -0.05) is 18.2 Å². The van der Waals surface area contributed by atoms with Gasteiger partial charge in [0, 0.05) is 35.2 Å². The highest BCUT2D eigenvalue weighted by molar-refractivity contribution is 5.95. The molecule has 2 aromatic carbocycles. The van der Waals surface area contributed by atoms with Crippen molar-refractivity contribution in [3.63, 3.8) is 0 Å². The van der Waals surface area contributed by atoms with Crippen LogP contribution in [-0.4, -0.2) is 44.9 Å². The molecule has 5 rings (SSSR count). The van der Waals surface area contributed by atoms with E-state index in [4.69, 9.17) is 4.98 Å². The molecule has 1 aliphatic rings. The second-order valence-electron chi connectivity index (χ2n) is 8.64. The van der Waals surface area contributed by atoms with Crippen LogP contribution in [0, 0.1) is 6.92 Å². The molecule has 0 bridgehead atoms. The number of aryl methyl sites for hydroxylation is 1. The number of aromatic nitrogens is 4. The summed E-state index contributed by atoms with van der Waals surface area (Å²) >= 11 is 0. The summed E-state index contributed by atoms with van der Waals surface area (Å²) in [5, 5.41) is 12.5. The molecular formula is C24H24F2N6O. The summed E-state index contributed by atoms with van der Waals surface area (Å²) < 4.78 is 30.1. The topological polar surface area (TPSA) is 75.4 Å². The molecule has 1 aliphatic heterocycles. The lowest BCUT2D eigenvalue weighted by Crippen LogP contribution is -2.43. The molecule has 0 spiro atoms. The number of hydrogen-bond donors (Lipinski definition) is 1. The number of hydrogen-bond acceptors (Lipinski definition) is 6. The molecule has 0 amide bonds. The predicted octanol–water partition coefficient (Wildman–Crippen LogP) is 4.81. The Morgan fingerprint density at radius 3 is 2.85 bits per heavy atom. The number of piperidine rings is 1. The fourth-order valence-electron chi connectivity index (χ4n) is 4.55. The Morgan fingerprint density at radius 1 is 1.24 bits per heavy atom. The van der Waals surface area contributed by atoms with E-state index in [9.17, 15) is 13.6 Å². The molecule has 33 heavy (non-hydrogen) atoms. The number of alkyl halides is 2. The zero-order valence-corrected chi connectivity index (χ0v) is 18.4. The van der Waals surface area contributed by atoms with Gasteiger partial charge in [-0.3, -0.25) is 9.20 Å². The third-order valence-electron chi connectivity index (χ3n) is 6.10. The van der Waals surface area contributed by atoms with Crippen LogP contribution in [0.2, 0.25) is 0 Å². The lowest BCUT2D eigenvalue weighted by Gasteiger charge is -2.33. The zero-order chi connectivity index (χ0) is 23.2. The number of anilines is 2. The van der Waals surface area contributed by atoms with Crippen LogP contribution >= 0.6 is 0 Å². The van der Waals surface area contributed by atoms with Crippen LogP contribution in [0.15, 0.2) is 42.7 Å². The summed E-state index contributed by atoms with van der Waals surface area (Å²) in [6, 6.07) is 11.1. The minimum absolute atomic E-state index is 0.121. The SMILES string of the molecule is Cc1cc(C(C)Nc2ccccc2C=O)c2nc(N3CCCC(F)(F)C3)n3cnnc3c2c1. The maximum atomic E-state index is 14.2. The van der Waals surface area contributed by atoms with Gasteiger partial charge in [-0.25, -0.2) is 13.8 Å². The standard InChI is InChI=1S/C24H24F2N6O/c1-15-10-18(16(2)28-20-7-4-3-6-17(20)12-33)21-19(11-15)22-30-27-14-32(22)23(29-21)31-9-5-8-24(25,26)13-31/h3-4,6-7,10-12,14,16,28H,5,8-9,13H2,1-2H3. The van der Waals surface area contributed by atoms with Gasteiger partial charge in [-0.05, 0) is 44.0 Å². The van der Waals surface area contributed by atoms with Crippen molar-refractivity contribution < 1.29 is 13.6 Å². The molecule has 7 nitrogen and oxygen atoms in total. The average Bonchev–Trinajstić information content (AvgIpc) is 3.28. The third-order valence-corrected chi connectivity index (χ3v) is 6.10. The monoisotopic (exact) mass is 450 g/mol. The second-order valence-corrected chi connectivity index (χ2v) is 8.64. The van der Waals surface area contributed by atoms with Crippen molar-refractivity contribution in [2.45, 2.75) is 38.7 Å². The van der Waals surface area contributed by atoms with Gasteiger partial charge in [0.05, 0.1) is 18.1 Å². The van der Waals surface area contributed by atoms with Crippen molar-refractivity contribution in [1.29, 1.82) is 0 Å². The number of rotatable bonds is 5. The summed E-state index contributed by atoms with van der Waals surface area (Å²) in [5.74, 6) is -2.36. The second kappa shape index (κ2) is 8.06. The largest absolute Gasteiger partial charge is 0.378 e. The summed E-state index contributed by atoms with van der Waals surface area (Å²) in [7, 11) is 0. The van der Waals surface area contributed by atoms with Gasteiger partial charge >= 0.3 is 0 Å². The van der Waals surface area contributed by atoms with Crippen LogP contribution in [0.3, 0.4) is 0 Å². The number of fused-ring (bicyclic) bond motifs is 3. The van der Waals surface area contributed by atoms with Gasteiger partial charge in [-0.15, -0.1) is 10.2 Å². The van der Waals surface area contributed by atoms with Crippen LogP contribution in [0.4, 0.5) is 20.4 Å². The van der Waals surface area contributed by atoms with E-state index >= 15 is 0 Å². The van der Waals surface area contributed by atoms with Gasteiger partial charge in [-0.2, -0.15) is 0 Å². The number of carbonyl (C=O) groups is 1. The van der Waals surface area contributed by atoms with Crippen LogP contribution in [-0.2, 0) is 0 Å². The van der Waals surface area contributed by atoms with E-state index in [1.165, 1.54) is 6.33 Å². The molecule has 4 aromatic rings. The van der Waals surface area contributed by atoms with Crippen molar-refractivity contribution in [3.8, 4) is 0 Å². The van der Waals surface area contributed by atoms with E-state index in [-0.39, 0.29) is 19.0 Å². The van der Waals surface area contributed by atoms with E-state index < -0.39 is 5.92 Å². The molecule has 1 unspecified atom stereocenters. The van der Waals surface area contributed by atoms with Crippen molar-refractivity contribution >= 4 is 34.5 Å². The summed E-state index contributed by atoms with van der Waals surface area (Å²) in [5.41, 5.74) is 4.43. The number of carbonyl (C=O) groups excluding carboxylic acids is 1. The van der Waals surface area contributed by atoms with E-state index in [2.05, 4.69) is 15.5 Å². The van der Waals surface area contributed by atoms with Gasteiger partial charge in [0.25, 0.3) is 5.92 Å². The molecule has 0 radical (unpaired) electrons. The first-order chi connectivity index (χ1) is 15.9. The Labute approximate surface area is 189 Å². The lowest BCUT2D eigenvalue weighted by molar-refractivity contribution is -0.0121. The lowest BCUT2D eigenvalue weighted by atomic mass is 10.0. The van der Waals surface area contributed by atoms with Gasteiger partial charge in [0.2, 0.25) is 5.95 Å². The molecule has 1 fully saturated rings. The first kappa shape index (κ1) is 21.2. The third kappa shape index (κ3) is 3.88. The molecule has 2 aromatic heterocycles. The Morgan fingerprint density at radius 2 is 2.06 bits per heavy atom. The maximum Gasteiger partial charge on any atom is 0.265 e. The van der Waals surface area contributed by atoms with Crippen LogP contribution in [0.25, 0.3) is 16.6 Å². The maximum absolute atomic E-state index is 14.2. The molecule has 9 heteroatoms. The van der Waals surface area contributed by atoms with E-state index in [1.807, 2.05) is 44.2 Å². The van der Waals surface area contributed by atoms with Gasteiger partial charge < -0.3 is 10.2 Å². The van der Waals surface area contributed by atoms with Crippen molar-refractivity contribution in [2.24, 2.45) is 0 Å². The van der Waals surface area contributed by atoms with Crippen LogP contribution in [0.5, 0.6) is 0 Å². The Bertz CT molecular complexity index is 1350. The van der Waals surface area contributed by atoms with Crippen LogP contribution in [0.1, 0.15) is 47.3 Å². The summed E-state index contributed by atoms with van der Waals surface area (Å²) in [4.78, 5) is 18.0. The van der Waals surface area contributed by atoms with Crippen molar-refractivity contribution in [3.05, 3.63) is 59.4 Å². The first-order valence-corrected chi connectivity index (χ1v) is 10.9. The van der Waals surface area contributed by atoms with E-state index in [0.717, 1.165) is 22.8 Å². The predicted molar refractivity (Wildman–Crippen MR) is 123 cm³/mol. The highest BCUT2D eigenvalue weighted by Gasteiger charge is 2.36. The highest BCUT2D eigenvalue weighted by atomic mass is 19.3. The number of nitrogens with one attached hydrogen (secondary N) is 1. The molecule has 0 aliphatic carbocycles.